The molecule has 2 aromatic heterocycles. The number of nitrogens with zero attached hydrogens (tertiary/aromatic N) is 2. The normalized spacial score (nSPS) is 12.9. The first kappa shape index (κ1) is 16.7. The largest absolute Gasteiger partial charge is 0.309 e. The van der Waals surface area contributed by atoms with Gasteiger partial charge in [0.1, 0.15) is 0 Å². The van der Waals surface area contributed by atoms with Gasteiger partial charge in [-0.2, -0.15) is 5.10 Å². The summed E-state index contributed by atoms with van der Waals surface area (Å²) >= 11 is 5.59. The van der Waals surface area contributed by atoms with E-state index in [4.69, 9.17) is 0 Å². The fourth-order valence-electron chi connectivity index (χ4n) is 2.46. The predicted molar refractivity (Wildman–Crippen MR) is 94.2 cm³/mol. The molecule has 5 heteroatoms. The molecule has 1 N–H and O–H groups in total. The zero-order valence-corrected chi connectivity index (χ0v) is 15.9. The van der Waals surface area contributed by atoms with Crippen molar-refractivity contribution in [2.75, 3.05) is 6.54 Å². The molecule has 0 aliphatic heterocycles. The smallest absolute Gasteiger partial charge is 0.0738 e. The lowest BCUT2D eigenvalue weighted by Gasteiger charge is -2.17. The molecule has 0 aliphatic rings. The molecule has 0 aromatic carbocycles. The van der Waals surface area contributed by atoms with Gasteiger partial charge in [-0.3, -0.25) is 4.68 Å². The van der Waals surface area contributed by atoms with Crippen LogP contribution in [0.3, 0.4) is 0 Å². The summed E-state index contributed by atoms with van der Waals surface area (Å²) in [5.41, 5.74) is 3.70. The summed E-state index contributed by atoms with van der Waals surface area (Å²) in [4.78, 5) is 2.83. The van der Waals surface area contributed by atoms with Crippen LogP contribution in [0.2, 0.25) is 0 Å². The maximum absolute atomic E-state index is 4.51. The minimum Gasteiger partial charge on any atom is -0.309 e. The Balaban J connectivity index is 2.28. The standard InChI is InChI=1S/C16H24BrN3S/c1-6-7-18-13(15-8-10(2)12(4)21-15)9-14-16(17)11(3)19-20(14)5/h8,13,18H,6-7,9H2,1-5H3. The van der Waals surface area contributed by atoms with Crippen molar-refractivity contribution < 1.29 is 0 Å². The molecule has 116 valence electrons. The Bertz CT molecular complexity index is 596. The van der Waals surface area contributed by atoms with Gasteiger partial charge in [0.25, 0.3) is 0 Å². The first-order valence-electron chi connectivity index (χ1n) is 7.42. The van der Waals surface area contributed by atoms with Gasteiger partial charge in [0.2, 0.25) is 0 Å². The van der Waals surface area contributed by atoms with Gasteiger partial charge >= 0.3 is 0 Å². The summed E-state index contributed by atoms with van der Waals surface area (Å²) in [6.45, 7) is 9.68. The molecule has 0 saturated heterocycles. The number of hydrogen-bond donors (Lipinski definition) is 1. The lowest BCUT2D eigenvalue weighted by atomic mass is 10.1. The lowest BCUT2D eigenvalue weighted by molar-refractivity contribution is 0.518. The van der Waals surface area contributed by atoms with Gasteiger partial charge in [0, 0.05) is 29.3 Å². The highest BCUT2D eigenvalue weighted by Crippen LogP contribution is 2.31. The molecule has 1 atom stereocenters. The van der Waals surface area contributed by atoms with Crippen LogP contribution in [0.5, 0.6) is 0 Å². The molecule has 2 rings (SSSR count). The average Bonchev–Trinajstić information content (AvgIpc) is 2.88. The monoisotopic (exact) mass is 369 g/mol. The number of hydrogen-bond acceptors (Lipinski definition) is 3. The van der Waals surface area contributed by atoms with Gasteiger partial charge in [-0.05, 0) is 61.3 Å². The molecule has 1 unspecified atom stereocenters. The van der Waals surface area contributed by atoms with E-state index in [1.165, 1.54) is 21.0 Å². The maximum atomic E-state index is 4.51. The average molecular weight is 370 g/mol. The van der Waals surface area contributed by atoms with Crippen molar-refractivity contribution in [2.24, 2.45) is 7.05 Å². The van der Waals surface area contributed by atoms with E-state index < -0.39 is 0 Å². The lowest BCUT2D eigenvalue weighted by Crippen LogP contribution is -2.24. The highest BCUT2D eigenvalue weighted by atomic mass is 79.9. The molecule has 0 aliphatic carbocycles. The zero-order chi connectivity index (χ0) is 15.6. The van der Waals surface area contributed by atoms with E-state index in [1.807, 2.05) is 30.0 Å². The van der Waals surface area contributed by atoms with Crippen molar-refractivity contribution >= 4 is 27.3 Å². The number of aromatic nitrogens is 2. The molecule has 0 saturated carbocycles. The minimum atomic E-state index is 0.355. The molecule has 0 amide bonds. The molecule has 0 fully saturated rings. The molecular formula is C16H24BrN3S. The van der Waals surface area contributed by atoms with Crippen LogP contribution >= 0.6 is 27.3 Å². The van der Waals surface area contributed by atoms with Gasteiger partial charge in [-0.15, -0.1) is 11.3 Å². The second-order valence-electron chi connectivity index (χ2n) is 5.57. The summed E-state index contributed by atoms with van der Waals surface area (Å²) in [7, 11) is 2.02. The van der Waals surface area contributed by atoms with Crippen molar-refractivity contribution in [2.45, 2.75) is 46.6 Å². The second kappa shape index (κ2) is 7.07. The Kier molecular flexibility index (Phi) is 5.63. The first-order chi connectivity index (χ1) is 9.93. The van der Waals surface area contributed by atoms with E-state index in [-0.39, 0.29) is 0 Å². The topological polar surface area (TPSA) is 29.9 Å². The van der Waals surface area contributed by atoms with Crippen LogP contribution in [0.4, 0.5) is 0 Å². The predicted octanol–water partition coefficient (Wildman–Crippen LogP) is 4.45. The summed E-state index contributed by atoms with van der Waals surface area (Å²) < 4.78 is 3.13. The summed E-state index contributed by atoms with van der Waals surface area (Å²) in [6, 6.07) is 2.68. The molecule has 0 radical (unpaired) electrons. The number of halogens is 1. The summed E-state index contributed by atoms with van der Waals surface area (Å²) in [5, 5.41) is 8.19. The van der Waals surface area contributed by atoms with Gasteiger partial charge < -0.3 is 5.32 Å². The third kappa shape index (κ3) is 3.76. The maximum Gasteiger partial charge on any atom is 0.0738 e. The minimum absolute atomic E-state index is 0.355. The van der Waals surface area contributed by atoms with E-state index in [1.54, 1.807) is 0 Å². The molecule has 2 heterocycles. The van der Waals surface area contributed by atoms with Crippen LogP contribution in [-0.4, -0.2) is 16.3 Å². The third-order valence-electron chi connectivity index (χ3n) is 3.83. The highest BCUT2D eigenvalue weighted by molar-refractivity contribution is 9.10. The molecule has 21 heavy (non-hydrogen) atoms. The van der Waals surface area contributed by atoms with Crippen LogP contribution in [0.15, 0.2) is 10.5 Å². The number of rotatable bonds is 6. The Hall–Kier alpha value is -0.650. The van der Waals surface area contributed by atoms with Gasteiger partial charge in [-0.1, -0.05) is 6.92 Å². The van der Waals surface area contributed by atoms with E-state index in [0.717, 1.165) is 29.6 Å². The van der Waals surface area contributed by atoms with E-state index in [9.17, 15) is 0 Å². The Morgan fingerprint density at radius 3 is 2.57 bits per heavy atom. The Morgan fingerprint density at radius 2 is 2.10 bits per heavy atom. The number of aryl methyl sites for hydroxylation is 4. The van der Waals surface area contributed by atoms with E-state index in [2.05, 4.69) is 53.2 Å². The quantitative estimate of drug-likeness (QED) is 0.814. The van der Waals surface area contributed by atoms with Crippen LogP contribution in [0.1, 0.15) is 46.1 Å². The van der Waals surface area contributed by atoms with Crippen molar-refractivity contribution in [3.05, 3.63) is 37.2 Å². The third-order valence-corrected chi connectivity index (χ3v) is 6.13. The van der Waals surface area contributed by atoms with Crippen molar-refractivity contribution in [3.8, 4) is 0 Å². The van der Waals surface area contributed by atoms with Crippen molar-refractivity contribution in [1.82, 2.24) is 15.1 Å². The summed E-state index contributed by atoms with van der Waals surface area (Å²) in [5.74, 6) is 0. The Morgan fingerprint density at radius 1 is 1.38 bits per heavy atom. The van der Waals surface area contributed by atoms with Crippen LogP contribution in [0.25, 0.3) is 0 Å². The molecule has 3 nitrogen and oxygen atoms in total. The number of nitrogens with one attached hydrogen (secondary N) is 1. The van der Waals surface area contributed by atoms with Crippen molar-refractivity contribution in [3.63, 3.8) is 0 Å². The van der Waals surface area contributed by atoms with Crippen LogP contribution in [-0.2, 0) is 13.5 Å². The highest BCUT2D eigenvalue weighted by Gasteiger charge is 2.19. The number of thiophene rings is 1. The zero-order valence-electron chi connectivity index (χ0n) is 13.5. The fraction of sp³-hybridized carbons (Fsp3) is 0.562. The van der Waals surface area contributed by atoms with Crippen LogP contribution in [0, 0.1) is 20.8 Å². The molecule has 0 spiro atoms. The SMILES string of the molecule is CCCNC(Cc1c(Br)c(C)nn1C)c1cc(C)c(C)s1. The van der Waals surface area contributed by atoms with Crippen molar-refractivity contribution in [1.29, 1.82) is 0 Å². The Labute approximate surface area is 139 Å². The molecule has 2 aromatic rings. The van der Waals surface area contributed by atoms with Crippen LogP contribution < -0.4 is 5.32 Å². The first-order valence-corrected chi connectivity index (χ1v) is 9.03. The van der Waals surface area contributed by atoms with E-state index >= 15 is 0 Å². The van der Waals surface area contributed by atoms with Gasteiger partial charge in [-0.25, -0.2) is 0 Å². The van der Waals surface area contributed by atoms with E-state index in [0.29, 0.717) is 6.04 Å². The summed E-state index contributed by atoms with van der Waals surface area (Å²) in [6.07, 6.45) is 2.10. The van der Waals surface area contributed by atoms with Gasteiger partial charge in [0.05, 0.1) is 15.9 Å². The fourth-order valence-corrected chi connectivity index (χ4v) is 4.08. The molecular weight excluding hydrogens is 346 g/mol. The molecule has 0 bridgehead atoms. The van der Waals surface area contributed by atoms with Gasteiger partial charge in [0.15, 0.2) is 0 Å². The second-order valence-corrected chi connectivity index (χ2v) is 7.65.